The van der Waals surface area contributed by atoms with Crippen molar-refractivity contribution in [1.29, 1.82) is 0 Å². The van der Waals surface area contributed by atoms with E-state index in [1.165, 1.54) is 0 Å². The highest BCUT2D eigenvalue weighted by Gasteiger charge is 2.51. The maximum atomic E-state index is 6.12. The zero-order valence-electron chi connectivity index (χ0n) is 15.4. The van der Waals surface area contributed by atoms with Gasteiger partial charge in [-0.2, -0.15) is 0 Å². The van der Waals surface area contributed by atoms with Crippen molar-refractivity contribution in [2.45, 2.75) is 52.7 Å². The molecule has 0 spiro atoms. The van der Waals surface area contributed by atoms with Crippen LogP contribution in [0.5, 0.6) is 0 Å². The molecule has 0 radical (unpaired) electrons. The van der Waals surface area contributed by atoms with Crippen LogP contribution in [0.3, 0.4) is 0 Å². The first-order valence-electron chi connectivity index (χ1n) is 8.45. The van der Waals surface area contributed by atoms with Crippen LogP contribution in [-0.4, -0.2) is 33.4 Å². The van der Waals surface area contributed by atoms with Gasteiger partial charge in [0.25, 0.3) is 0 Å². The Labute approximate surface area is 147 Å². The molecule has 1 aliphatic rings. The first-order chi connectivity index (χ1) is 11.7. The average Bonchev–Trinajstić information content (AvgIpc) is 3.13. The molecule has 3 aromatic heterocycles. The van der Waals surface area contributed by atoms with E-state index in [1.807, 2.05) is 41.5 Å². The largest absolute Gasteiger partial charge is 0.496 e. The Bertz CT molecular complexity index is 922. The van der Waals surface area contributed by atoms with Crippen LogP contribution in [0, 0.1) is 13.8 Å². The van der Waals surface area contributed by atoms with E-state index >= 15 is 0 Å². The molecule has 7 heteroatoms. The Morgan fingerprint density at radius 2 is 1.72 bits per heavy atom. The van der Waals surface area contributed by atoms with E-state index in [4.69, 9.17) is 13.8 Å². The quantitative estimate of drug-likeness (QED) is 0.726. The minimum Gasteiger partial charge on any atom is -0.399 e. The van der Waals surface area contributed by atoms with Crippen molar-refractivity contribution in [2.75, 3.05) is 0 Å². The summed E-state index contributed by atoms with van der Waals surface area (Å²) in [6, 6.07) is 4.12. The lowest BCUT2D eigenvalue weighted by Crippen LogP contribution is -2.41. The van der Waals surface area contributed by atoms with E-state index in [9.17, 15) is 0 Å². The molecule has 4 heterocycles. The predicted octanol–water partition coefficient (Wildman–Crippen LogP) is 3.13. The second-order valence-corrected chi connectivity index (χ2v) is 7.68. The molecule has 0 unspecified atom stereocenters. The van der Waals surface area contributed by atoms with E-state index in [0.29, 0.717) is 0 Å². The molecular formula is C18H22BN3O3. The van der Waals surface area contributed by atoms with Crippen LogP contribution < -0.4 is 5.46 Å². The molecule has 6 nitrogen and oxygen atoms in total. The number of aromatic nitrogens is 3. The molecule has 1 aliphatic heterocycles. The summed E-state index contributed by atoms with van der Waals surface area (Å²) >= 11 is 0. The minimum atomic E-state index is -0.417. The zero-order chi connectivity index (χ0) is 18.0. The zero-order valence-corrected chi connectivity index (χ0v) is 15.4. The maximum Gasteiger partial charge on any atom is 0.496 e. The Morgan fingerprint density at radius 3 is 2.32 bits per heavy atom. The summed E-state index contributed by atoms with van der Waals surface area (Å²) in [5.41, 5.74) is 3.78. The SMILES string of the molecule is Cc1noc(C)c1-c1cc2cc(B3OC(C)(C)C(C)(C)O3)cnc2[nH]1. The third-order valence-corrected chi connectivity index (χ3v) is 5.32. The molecule has 25 heavy (non-hydrogen) atoms. The smallest absolute Gasteiger partial charge is 0.399 e. The lowest BCUT2D eigenvalue weighted by atomic mass is 9.80. The molecule has 1 fully saturated rings. The summed E-state index contributed by atoms with van der Waals surface area (Å²) in [6.07, 6.45) is 1.80. The highest BCUT2D eigenvalue weighted by molar-refractivity contribution is 6.62. The lowest BCUT2D eigenvalue weighted by molar-refractivity contribution is 0.00578. The molecule has 0 atom stereocenters. The van der Waals surface area contributed by atoms with Gasteiger partial charge < -0.3 is 18.8 Å². The molecular weight excluding hydrogens is 317 g/mol. The number of nitrogens with zero attached hydrogens (tertiary/aromatic N) is 2. The van der Waals surface area contributed by atoms with Gasteiger partial charge in [-0.15, -0.1) is 0 Å². The minimum absolute atomic E-state index is 0.368. The number of hydrogen-bond acceptors (Lipinski definition) is 5. The van der Waals surface area contributed by atoms with Gasteiger partial charge in [-0.1, -0.05) is 5.16 Å². The van der Waals surface area contributed by atoms with Crippen molar-refractivity contribution in [1.82, 2.24) is 15.1 Å². The standard InChI is InChI=1S/C18H22BN3O3/c1-10-15(11(2)23-22-10)14-8-12-7-13(9-20-16(12)21-14)19-24-17(3,4)18(5,6)25-19/h7-9H,1-6H3,(H,20,21). The third kappa shape index (κ3) is 2.50. The molecule has 0 aliphatic carbocycles. The molecule has 1 N–H and O–H groups in total. The normalized spacial score (nSPS) is 19.0. The fraction of sp³-hybridized carbons (Fsp3) is 0.444. The first kappa shape index (κ1) is 16.4. The molecule has 130 valence electrons. The summed E-state index contributed by atoms with van der Waals surface area (Å²) in [6.45, 7) is 12.0. The fourth-order valence-electron chi connectivity index (χ4n) is 3.14. The van der Waals surface area contributed by atoms with Crippen LogP contribution in [0.2, 0.25) is 0 Å². The van der Waals surface area contributed by atoms with Gasteiger partial charge in [0.15, 0.2) is 0 Å². The van der Waals surface area contributed by atoms with Crippen LogP contribution in [0.4, 0.5) is 0 Å². The van der Waals surface area contributed by atoms with Crippen LogP contribution in [0.15, 0.2) is 22.9 Å². The number of fused-ring (bicyclic) bond motifs is 1. The van der Waals surface area contributed by atoms with Gasteiger partial charge in [0.2, 0.25) is 0 Å². The Kier molecular flexibility index (Phi) is 3.40. The fourth-order valence-corrected chi connectivity index (χ4v) is 3.14. The molecule has 3 aromatic rings. The summed E-state index contributed by atoms with van der Waals surface area (Å²) in [5, 5.41) is 5.02. The van der Waals surface area contributed by atoms with Crippen molar-refractivity contribution >= 4 is 23.6 Å². The number of H-pyrrole nitrogens is 1. The van der Waals surface area contributed by atoms with Gasteiger partial charge >= 0.3 is 7.12 Å². The molecule has 1 saturated heterocycles. The second-order valence-electron chi connectivity index (χ2n) is 7.68. The molecule has 0 saturated carbocycles. The summed E-state index contributed by atoms with van der Waals surface area (Å²) in [5.74, 6) is 0.787. The predicted molar refractivity (Wildman–Crippen MR) is 96.8 cm³/mol. The lowest BCUT2D eigenvalue weighted by Gasteiger charge is -2.32. The van der Waals surface area contributed by atoms with Gasteiger partial charge in [-0.25, -0.2) is 4.98 Å². The van der Waals surface area contributed by atoms with Crippen LogP contribution in [0.25, 0.3) is 22.3 Å². The van der Waals surface area contributed by atoms with Crippen molar-refractivity contribution in [3.8, 4) is 11.3 Å². The topological polar surface area (TPSA) is 73.2 Å². The number of hydrogen-bond donors (Lipinski definition) is 1. The molecule has 4 rings (SSSR count). The van der Waals surface area contributed by atoms with E-state index in [0.717, 1.165) is 39.2 Å². The third-order valence-electron chi connectivity index (χ3n) is 5.32. The van der Waals surface area contributed by atoms with Crippen LogP contribution in [-0.2, 0) is 9.31 Å². The average molecular weight is 339 g/mol. The van der Waals surface area contributed by atoms with Gasteiger partial charge in [0.05, 0.1) is 28.2 Å². The molecule has 0 aromatic carbocycles. The van der Waals surface area contributed by atoms with Crippen LogP contribution >= 0.6 is 0 Å². The summed E-state index contributed by atoms with van der Waals surface area (Å²) < 4.78 is 17.5. The first-order valence-corrected chi connectivity index (χ1v) is 8.45. The van der Waals surface area contributed by atoms with Gasteiger partial charge in [0, 0.05) is 17.0 Å². The Hall–Kier alpha value is -2.12. The number of aromatic amines is 1. The molecule has 0 bridgehead atoms. The number of rotatable bonds is 2. The van der Waals surface area contributed by atoms with Crippen molar-refractivity contribution in [2.24, 2.45) is 0 Å². The van der Waals surface area contributed by atoms with Crippen molar-refractivity contribution in [3.63, 3.8) is 0 Å². The van der Waals surface area contributed by atoms with Gasteiger partial charge in [-0.05, 0) is 53.7 Å². The van der Waals surface area contributed by atoms with Crippen LogP contribution in [0.1, 0.15) is 39.1 Å². The highest BCUT2D eigenvalue weighted by atomic mass is 16.7. The van der Waals surface area contributed by atoms with Crippen molar-refractivity contribution < 1.29 is 13.8 Å². The maximum absolute atomic E-state index is 6.12. The monoisotopic (exact) mass is 339 g/mol. The highest BCUT2D eigenvalue weighted by Crippen LogP contribution is 2.36. The number of pyridine rings is 1. The Balaban J connectivity index is 1.73. The van der Waals surface area contributed by atoms with Gasteiger partial charge in [0.1, 0.15) is 11.4 Å². The number of nitrogens with one attached hydrogen (secondary N) is 1. The van der Waals surface area contributed by atoms with Crippen molar-refractivity contribution in [3.05, 3.63) is 29.8 Å². The Morgan fingerprint density at radius 1 is 1.04 bits per heavy atom. The van der Waals surface area contributed by atoms with E-state index < -0.39 is 7.12 Å². The van der Waals surface area contributed by atoms with E-state index in [-0.39, 0.29) is 11.2 Å². The number of aryl methyl sites for hydroxylation is 2. The summed E-state index contributed by atoms with van der Waals surface area (Å²) in [7, 11) is -0.417. The molecule has 0 amide bonds. The van der Waals surface area contributed by atoms with Gasteiger partial charge in [-0.3, -0.25) is 0 Å². The second kappa shape index (κ2) is 5.19. The van der Waals surface area contributed by atoms with E-state index in [2.05, 4.69) is 27.3 Å². The van der Waals surface area contributed by atoms with E-state index in [1.54, 1.807) is 6.20 Å². The summed E-state index contributed by atoms with van der Waals surface area (Å²) in [4.78, 5) is 7.88.